The Morgan fingerprint density at radius 2 is 1.60 bits per heavy atom. The summed E-state index contributed by atoms with van der Waals surface area (Å²) in [6.07, 6.45) is 6.62. The van der Waals surface area contributed by atoms with E-state index < -0.39 is 11.6 Å². The Labute approximate surface area is 181 Å². The highest BCUT2D eigenvalue weighted by Gasteiger charge is 2.64. The van der Waals surface area contributed by atoms with Crippen molar-refractivity contribution in [1.82, 2.24) is 0 Å². The SMILES string of the molecule is C[C@H](CCCO)[C@H]1CC[C@H]2[C@@H]3CC[C@H]4C[C@](C)(C(F)(F)F)CC[C@]4(C)[C@H]3CC[C@]12C. The molecule has 0 radical (unpaired) electrons. The van der Waals surface area contributed by atoms with E-state index in [1.165, 1.54) is 32.6 Å². The number of aliphatic hydroxyl groups is 1. The second-order valence-electron chi connectivity index (χ2n) is 12.5. The van der Waals surface area contributed by atoms with E-state index in [4.69, 9.17) is 0 Å². The van der Waals surface area contributed by atoms with Crippen LogP contribution in [0.3, 0.4) is 0 Å². The van der Waals surface area contributed by atoms with Crippen molar-refractivity contribution in [2.75, 3.05) is 6.61 Å². The van der Waals surface area contributed by atoms with Gasteiger partial charge in [0.2, 0.25) is 0 Å². The van der Waals surface area contributed by atoms with Gasteiger partial charge in [0.05, 0.1) is 5.41 Å². The highest BCUT2D eigenvalue weighted by Crippen LogP contribution is 2.70. The van der Waals surface area contributed by atoms with Crippen molar-refractivity contribution in [1.29, 1.82) is 0 Å². The molecule has 0 aromatic heterocycles. The predicted molar refractivity (Wildman–Crippen MR) is 115 cm³/mol. The normalized spacial score (nSPS) is 49.8. The maximum atomic E-state index is 13.8. The lowest BCUT2D eigenvalue weighted by Crippen LogP contribution is -2.56. The van der Waals surface area contributed by atoms with Gasteiger partial charge in [-0.1, -0.05) is 27.7 Å². The first kappa shape index (κ1) is 22.9. The standard InChI is InChI=1S/C26H43F3O/c1-17(6-5-15-30)20-9-10-21-19-8-7-18-16-23(2,26(27,28)29)13-14-24(18,3)22(19)11-12-25(20,21)4/h17-22,30H,5-16H2,1-4H3/t17-,18+,19+,20-,21+,22+,23-,24+,25-/m1/s1. The van der Waals surface area contributed by atoms with Gasteiger partial charge in [0.1, 0.15) is 0 Å². The molecule has 4 aliphatic rings. The number of halogens is 3. The molecule has 30 heavy (non-hydrogen) atoms. The summed E-state index contributed by atoms with van der Waals surface area (Å²) in [6.45, 7) is 9.06. The van der Waals surface area contributed by atoms with Crippen LogP contribution in [0, 0.1) is 51.8 Å². The molecule has 0 spiro atoms. The lowest BCUT2D eigenvalue weighted by atomic mass is 9.43. The van der Waals surface area contributed by atoms with E-state index in [0.29, 0.717) is 36.7 Å². The Balaban J connectivity index is 1.52. The third-order valence-corrected chi connectivity index (χ3v) is 11.2. The molecule has 0 amide bonds. The number of hydrogen-bond acceptors (Lipinski definition) is 1. The smallest absolute Gasteiger partial charge is 0.394 e. The summed E-state index contributed by atoms with van der Waals surface area (Å²) < 4.78 is 41.3. The molecule has 1 N–H and O–H groups in total. The van der Waals surface area contributed by atoms with Crippen molar-refractivity contribution in [3.05, 3.63) is 0 Å². The van der Waals surface area contributed by atoms with E-state index in [1.807, 2.05) is 0 Å². The third-order valence-electron chi connectivity index (χ3n) is 11.2. The van der Waals surface area contributed by atoms with E-state index in [-0.39, 0.29) is 11.3 Å². The van der Waals surface area contributed by atoms with Crippen LogP contribution in [0.25, 0.3) is 0 Å². The molecule has 174 valence electrons. The van der Waals surface area contributed by atoms with Crippen molar-refractivity contribution < 1.29 is 18.3 Å². The summed E-state index contributed by atoms with van der Waals surface area (Å²) in [5.41, 5.74) is -0.974. The first-order valence-electron chi connectivity index (χ1n) is 12.6. The van der Waals surface area contributed by atoms with Crippen LogP contribution in [-0.4, -0.2) is 17.9 Å². The van der Waals surface area contributed by atoms with Gasteiger partial charge in [0.15, 0.2) is 0 Å². The van der Waals surface area contributed by atoms with Gasteiger partial charge in [-0.25, -0.2) is 0 Å². The topological polar surface area (TPSA) is 20.2 Å². The largest absolute Gasteiger partial charge is 0.396 e. The Bertz CT molecular complexity index is 632. The van der Waals surface area contributed by atoms with Crippen LogP contribution in [0.15, 0.2) is 0 Å². The molecule has 4 fully saturated rings. The average molecular weight is 429 g/mol. The molecular weight excluding hydrogens is 385 g/mol. The monoisotopic (exact) mass is 428 g/mol. The summed E-state index contributed by atoms with van der Waals surface area (Å²) >= 11 is 0. The van der Waals surface area contributed by atoms with Crippen LogP contribution >= 0.6 is 0 Å². The number of fused-ring (bicyclic) bond motifs is 5. The maximum absolute atomic E-state index is 13.8. The van der Waals surface area contributed by atoms with Gasteiger partial charge in [0, 0.05) is 6.61 Å². The number of aliphatic hydroxyl groups excluding tert-OH is 1. The summed E-state index contributed by atoms with van der Waals surface area (Å²) in [6, 6.07) is 0. The van der Waals surface area contributed by atoms with Crippen LogP contribution < -0.4 is 0 Å². The Morgan fingerprint density at radius 3 is 2.27 bits per heavy atom. The van der Waals surface area contributed by atoms with Gasteiger partial charge in [-0.15, -0.1) is 0 Å². The molecule has 0 bridgehead atoms. The zero-order valence-corrected chi connectivity index (χ0v) is 19.5. The van der Waals surface area contributed by atoms with Crippen LogP contribution in [0.5, 0.6) is 0 Å². The van der Waals surface area contributed by atoms with Gasteiger partial charge in [-0.2, -0.15) is 13.2 Å². The summed E-state index contributed by atoms with van der Waals surface area (Å²) in [5.74, 6) is 3.75. The van der Waals surface area contributed by atoms with Crippen molar-refractivity contribution in [3.63, 3.8) is 0 Å². The van der Waals surface area contributed by atoms with E-state index in [0.717, 1.165) is 49.9 Å². The van der Waals surface area contributed by atoms with Gasteiger partial charge >= 0.3 is 6.18 Å². The molecule has 0 unspecified atom stereocenters. The van der Waals surface area contributed by atoms with Crippen molar-refractivity contribution in [2.24, 2.45) is 51.8 Å². The minimum Gasteiger partial charge on any atom is -0.396 e. The lowest BCUT2D eigenvalue weighted by Gasteiger charge is -2.62. The molecule has 1 nitrogen and oxygen atoms in total. The lowest BCUT2D eigenvalue weighted by molar-refractivity contribution is -0.251. The molecule has 4 heteroatoms. The second kappa shape index (κ2) is 7.66. The van der Waals surface area contributed by atoms with Gasteiger partial charge in [0.25, 0.3) is 0 Å². The second-order valence-corrected chi connectivity index (χ2v) is 12.5. The number of rotatable bonds is 4. The average Bonchev–Trinajstić information content (AvgIpc) is 3.03. The quantitative estimate of drug-likeness (QED) is 0.488. The Hall–Kier alpha value is -0.250. The molecule has 0 saturated heterocycles. The molecule has 0 heterocycles. The molecule has 4 saturated carbocycles. The van der Waals surface area contributed by atoms with Crippen LogP contribution in [0.1, 0.15) is 98.3 Å². The first-order valence-corrected chi connectivity index (χ1v) is 12.6. The predicted octanol–water partition coefficient (Wildman–Crippen LogP) is 7.62. The number of hydrogen-bond donors (Lipinski definition) is 1. The zero-order chi connectivity index (χ0) is 21.9. The first-order chi connectivity index (χ1) is 14.0. The van der Waals surface area contributed by atoms with Gasteiger partial charge in [-0.05, 0) is 117 Å². The van der Waals surface area contributed by atoms with E-state index in [2.05, 4.69) is 20.8 Å². The summed E-state index contributed by atoms with van der Waals surface area (Å²) in [7, 11) is 0. The highest BCUT2D eigenvalue weighted by atomic mass is 19.4. The fourth-order valence-electron chi connectivity index (χ4n) is 9.30. The van der Waals surface area contributed by atoms with Crippen LogP contribution in [-0.2, 0) is 0 Å². The van der Waals surface area contributed by atoms with Crippen molar-refractivity contribution in [2.45, 2.75) is 105 Å². The van der Waals surface area contributed by atoms with Gasteiger partial charge in [-0.3, -0.25) is 0 Å². The highest BCUT2D eigenvalue weighted by molar-refractivity contribution is 5.11. The van der Waals surface area contributed by atoms with Crippen LogP contribution in [0.4, 0.5) is 13.2 Å². The molecule has 4 aliphatic carbocycles. The molecule has 9 atom stereocenters. The van der Waals surface area contributed by atoms with E-state index in [1.54, 1.807) is 0 Å². The molecule has 0 aromatic rings. The Morgan fingerprint density at radius 1 is 0.900 bits per heavy atom. The fourth-order valence-corrected chi connectivity index (χ4v) is 9.30. The molecule has 0 aliphatic heterocycles. The van der Waals surface area contributed by atoms with Gasteiger partial charge < -0.3 is 5.11 Å². The summed E-state index contributed by atoms with van der Waals surface area (Å²) in [4.78, 5) is 0. The molecular formula is C26H43F3O. The minimum absolute atomic E-state index is 0.107. The fraction of sp³-hybridized carbons (Fsp3) is 1.00. The maximum Gasteiger partial charge on any atom is 0.394 e. The summed E-state index contributed by atoms with van der Waals surface area (Å²) in [5, 5.41) is 9.26. The van der Waals surface area contributed by atoms with E-state index in [9.17, 15) is 18.3 Å². The van der Waals surface area contributed by atoms with Crippen molar-refractivity contribution in [3.8, 4) is 0 Å². The Kier molecular flexibility index (Phi) is 5.86. The molecule has 0 aromatic carbocycles. The minimum atomic E-state index is -4.07. The van der Waals surface area contributed by atoms with E-state index >= 15 is 0 Å². The third kappa shape index (κ3) is 3.37. The molecule has 4 rings (SSSR count). The van der Waals surface area contributed by atoms with Crippen LogP contribution in [0.2, 0.25) is 0 Å². The zero-order valence-electron chi connectivity index (χ0n) is 19.5. The number of alkyl halides is 3. The van der Waals surface area contributed by atoms with Crippen molar-refractivity contribution >= 4 is 0 Å².